The van der Waals surface area contributed by atoms with E-state index in [2.05, 4.69) is 20.8 Å². The van der Waals surface area contributed by atoms with Crippen LogP contribution in [0.3, 0.4) is 0 Å². The van der Waals surface area contributed by atoms with Crippen molar-refractivity contribution in [1.82, 2.24) is 10.2 Å². The number of primary amides is 1. The van der Waals surface area contributed by atoms with Crippen molar-refractivity contribution in [3.05, 3.63) is 54.0 Å². The molecule has 0 radical (unpaired) electrons. The lowest BCUT2D eigenvalue weighted by Gasteiger charge is -2.10. The zero-order valence-electron chi connectivity index (χ0n) is 14.3. The summed E-state index contributed by atoms with van der Waals surface area (Å²) in [7, 11) is 0. The molecule has 27 heavy (non-hydrogen) atoms. The van der Waals surface area contributed by atoms with E-state index >= 15 is 0 Å². The summed E-state index contributed by atoms with van der Waals surface area (Å²) in [5, 5.41) is 14.3. The molecular weight excluding hydrogens is 386 g/mol. The molecule has 0 unspecified atom stereocenters. The summed E-state index contributed by atoms with van der Waals surface area (Å²) in [6.07, 6.45) is 1.61. The minimum atomic E-state index is -0.510. The molecule has 140 valence electrons. The standard InChI is InChI=1S/C17H17N5O3S2/c1-10(15(24)20-12-6-4-11(5-7-12)14(18)23)26-17-22-21-16(27-17)19-9-13-3-2-8-25-13/h2-8,10H,9H2,1H3,(H2,18,23)(H,19,21)(H,20,24)/t10-/m0/s1. The molecule has 3 aromatic rings. The number of anilines is 2. The number of carbonyl (C=O) groups is 2. The Bertz CT molecular complexity index is 909. The maximum Gasteiger partial charge on any atom is 0.248 e. The number of nitrogens with two attached hydrogens (primary N) is 1. The normalized spacial score (nSPS) is 11.7. The summed E-state index contributed by atoms with van der Waals surface area (Å²) in [6, 6.07) is 10.1. The SMILES string of the molecule is C[C@H](Sc1nnc(NCc2ccco2)s1)C(=O)Nc1ccc(C(N)=O)cc1. The maximum atomic E-state index is 12.3. The lowest BCUT2D eigenvalue weighted by Crippen LogP contribution is -2.22. The van der Waals surface area contributed by atoms with Crippen molar-refractivity contribution in [3.63, 3.8) is 0 Å². The Labute approximate surface area is 163 Å². The average molecular weight is 403 g/mol. The van der Waals surface area contributed by atoms with Gasteiger partial charge in [0, 0.05) is 11.3 Å². The molecule has 0 aliphatic heterocycles. The molecule has 1 atom stereocenters. The fourth-order valence-corrected chi connectivity index (χ4v) is 3.96. The Hall–Kier alpha value is -2.85. The van der Waals surface area contributed by atoms with Crippen LogP contribution < -0.4 is 16.4 Å². The van der Waals surface area contributed by atoms with Gasteiger partial charge in [-0.1, -0.05) is 23.1 Å². The third-order valence-electron chi connectivity index (χ3n) is 3.48. The van der Waals surface area contributed by atoms with Crippen molar-refractivity contribution in [2.75, 3.05) is 10.6 Å². The Kier molecular flexibility index (Phi) is 6.09. The first-order valence-corrected chi connectivity index (χ1v) is 9.68. The molecule has 0 saturated heterocycles. The molecule has 1 aromatic carbocycles. The summed E-state index contributed by atoms with van der Waals surface area (Å²) in [4.78, 5) is 23.4. The number of thioether (sulfide) groups is 1. The highest BCUT2D eigenvalue weighted by molar-refractivity contribution is 8.02. The van der Waals surface area contributed by atoms with Gasteiger partial charge in [-0.3, -0.25) is 9.59 Å². The summed E-state index contributed by atoms with van der Waals surface area (Å²) in [5.74, 6) is 0.117. The lowest BCUT2D eigenvalue weighted by atomic mass is 10.2. The zero-order valence-corrected chi connectivity index (χ0v) is 16.0. The van der Waals surface area contributed by atoms with Crippen molar-refractivity contribution in [3.8, 4) is 0 Å². The van der Waals surface area contributed by atoms with Gasteiger partial charge in [-0.15, -0.1) is 10.2 Å². The van der Waals surface area contributed by atoms with Gasteiger partial charge in [0.05, 0.1) is 18.1 Å². The van der Waals surface area contributed by atoms with E-state index in [1.54, 1.807) is 37.5 Å². The van der Waals surface area contributed by atoms with Gasteiger partial charge in [-0.25, -0.2) is 0 Å². The van der Waals surface area contributed by atoms with Crippen LogP contribution >= 0.6 is 23.1 Å². The predicted molar refractivity (Wildman–Crippen MR) is 105 cm³/mol. The van der Waals surface area contributed by atoms with Gasteiger partial charge in [-0.05, 0) is 43.3 Å². The van der Waals surface area contributed by atoms with E-state index < -0.39 is 5.91 Å². The molecule has 0 aliphatic carbocycles. The number of hydrogen-bond donors (Lipinski definition) is 3. The third kappa shape index (κ3) is 5.31. The summed E-state index contributed by atoms with van der Waals surface area (Å²) in [5.41, 5.74) is 6.18. The largest absolute Gasteiger partial charge is 0.467 e. The number of hydrogen-bond acceptors (Lipinski definition) is 8. The highest BCUT2D eigenvalue weighted by atomic mass is 32.2. The van der Waals surface area contributed by atoms with Gasteiger partial charge in [-0.2, -0.15) is 0 Å². The number of amides is 2. The minimum Gasteiger partial charge on any atom is -0.467 e. The monoisotopic (exact) mass is 403 g/mol. The second kappa shape index (κ2) is 8.69. The highest BCUT2D eigenvalue weighted by Crippen LogP contribution is 2.29. The van der Waals surface area contributed by atoms with Gasteiger partial charge >= 0.3 is 0 Å². The predicted octanol–water partition coefficient (Wildman–Crippen LogP) is 2.96. The Morgan fingerprint density at radius 1 is 1.26 bits per heavy atom. The van der Waals surface area contributed by atoms with E-state index in [1.807, 2.05) is 12.1 Å². The number of furan rings is 1. The van der Waals surface area contributed by atoms with Crippen molar-refractivity contribution in [2.24, 2.45) is 5.73 Å². The van der Waals surface area contributed by atoms with E-state index in [-0.39, 0.29) is 11.2 Å². The number of aromatic nitrogens is 2. The molecule has 3 rings (SSSR count). The molecule has 2 amide bonds. The smallest absolute Gasteiger partial charge is 0.248 e. The van der Waals surface area contributed by atoms with Crippen LogP contribution in [0.15, 0.2) is 51.4 Å². The molecule has 8 nitrogen and oxygen atoms in total. The number of benzene rings is 1. The molecular formula is C17H17N5O3S2. The molecule has 0 fully saturated rings. The van der Waals surface area contributed by atoms with Crippen LogP contribution in [-0.2, 0) is 11.3 Å². The summed E-state index contributed by atoms with van der Waals surface area (Å²) < 4.78 is 5.93. The molecule has 0 aliphatic rings. The molecule has 2 heterocycles. The van der Waals surface area contributed by atoms with Crippen LogP contribution in [0, 0.1) is 0 Å². The number of nitrogens with one attached hydrogen (secondary N) is 2. The summed E-state index contributed by atoms with van der Waals surface area (Å²) in [6.45, 7) is 2.30. The number of carbonyl (C=O) groups excluding carboxylic acids is 2. The first kappa shape index (κ1) is 18.9. The summed E-state index contributed by atoms with van der Waals surface area (Å²) >= 11 is 2.69. The van der Waals surface area contributed by atoms with E-state index in [0.29, 0.717) is 27.3 Å². The van der Waals surface area contributed by atoms with Crippen LogP contribution in [0.5, 0.6) is 0 Å². The van der Waals surface area contributed by atoms with E-state index in [9.17, 15) is 9.59 Å². The lowest BCUT2D eigenvalue weighted by molar-refractivity contribution is -0.115. The topological polar surface area (TPSA) is 123 Å². The fourth-order valence-electron chi connectivity index (χ4n) is 2.07. The van der Waals surface area contributed by atoms with Crippen LogP contribution in [-0.4, -0.2) is 27.3 Å². The molecule has 4 N–H and O–H groups in total. The van der Waals surface area contributed by atoms with Gasteiger partial charge in [0.1, 0.15) is 5.76 Å². The van der Waals surface area contributed by atoms with Crippen molar-refractivity contribution in [1.29, 1.82) is 0 Å². The number of nitrogens with zero attached hydrogens (tertiary/aromatic N) is 2. The first-order chi connectivity index (χ1) is 13.0. The number of rotatable bonds is 8. The van der Waals surface area contributed by atoms with Crippen LogP contribution in [0.1, 0.15) is 23.0 Å². The van der Waals surface area contributed by atoms with Crippen LogP contribution in [0.2, 0.25) is 0 Å². The molecule has 0 bridgehead atoms. The quantitative estimate of drug-likeness (QED) is 0.494. The molecule has 0 spiro atoms. The maximum absolute atomic E-state index is 12.3. The van der Waals surface area contributed by atoms with Crippen LogP contribution in [0.25, 0.3) is 0 Å². The van der Waals surface area contributed by atoms with Crippen molar-refractivity contribution in [2.45, 2.75) is 23.1 Å². The van der Waals surface area contributed by atoms with E-state index in [0.717, 1.165) is 5.76 Å². The first-order valence-electron chi connectivity index (χ1n) is 7.98. The van der Waals surface area contributed by atoms with E-state index in [1.165, 1.54) is 23.1 Å². The van der Waals surface area contributed by atoms with Gasteiger partial charge in [0.2, 0.25) is 16.9 Å². The van der Waals surface area contributed by atoms with Crippen LogP contribution in [0.4, 0.5) is 10.8 Å². The molecule has 10 heteroatoms. The Morgan fingerprint density at radius 2 is 2.04 bits per heavy atom. The molecule has 0 saturated carbocycles. The second-order valence-electron chi connectivity index (χ2n) is 5.50. The Balaban J connectivity index is 1.51. The minimum absolute atomic E-state index is 0.174. The molecule has 2 aromatic heterocycles. The average Bonchev–Trinajstić information content (AvgIpc) is 3.32. The van der Waals surface area contributed by atoms with Crippen molar-refractivity contribution >= 4 is 45.7 Å². The second-order valence-corrected chi connectivity index (χ2v) is 8.06. The third-order valence-corrected chi connectivity index (χ3v) is 5.55. The van der Waals surface area contributed by atoms with Gasteiger partial charge in [0.25, 0.3) is 0 Å². The highest BCUT2D eigenvalue weighted by Gasteiger charge is 2.17. The zero-order chi connectivity index (χ0) is 19.2. The van der Waals surface area contributed by atoms with Gasteiger partial charge < -0.3 is 20.8 Å². The fraction of sp³-hybridized carbons (Fsp3) is 0.176. The van der Waals surface area contributed by atoms with Gasteiger partial charge in [0.15, 0.2) is 4.34 Å². The van der Waals surface area contributed by atoms with E-state index in [4.69, 9.17) is 10.2 Å². The Morgan fingerprint density at radius 3 is 2.70 bits per heavy atom. The van der Waals surface area contributed by atoms with Crippen molar-refractivity contribution < 1.29 is 14.0 Å².